The lowest BCUT2D eigenvalue weighted by Crippen LogP contribution is -2.14. The SMILES string of the molecule is O=C(Nc1ncn(Cc2c(Cl)cccc2Cl)n1)c1cc2ncccn2n1. The van der Waals surface area contributed by atoms with E-state index in [4.69, 9.17) is 23.2 Å². The summed E-state index contributed by atoms with van der Waals surface area (Å²) in [5.41, 5.74) is 1.52. The van der Waals surface area contributed by atoms with Crippen LogP contribution < -0.4 is 5.32 Å². The molecule has 0 atom stereocenters. The monoisotopic (exact) mass is 387 g/mol. The van der Waals surface area contributed by atoms with Crippen LogP contribution in [0.15, 0.2) is 49.1 Å². The molecule has 0 bridgehead atoms. The third-order valence-corrected chi connectivity index (χ3v) is 4.32. The zero-order chi connectivity index (χ0) is 18.1. The summed E-state index contributed by atoms with van der Waals surface area (Å²) in [5, 5.41) is 12.0. The van der Waals surface area contributed by atoms with Crippen molar-refractivity contribution >= 4 is 40.7 Å². The molecule has 3 aromatic heterocycles. The molecule has 0 aliphatic rings. The summed E-state index contributed by atoms with van der Waals surface area (Å²) in [6.07, 6.45) is 4.82. The van der Waals surface area contributed by atoms with Gasteiger partial charge in [-0.2, -0.15) is 5.10 Å². The van der Waals surface area contributed by atoms with Gasteiger partial charge in [0.2, 0.25) is 5.95 Å². The first kappa shape index (κ1) is 16.5. The average Bonchev–Trinajstić information content (AvgIpc) is 3.25. The minimum Gasteiger partial charge on any atom is -0.288 e. The average molecular weight is 388 g/mol. The molecular formula is C16H11Cl2N7O. The maximum atomic E-state index is 12.3. The summed E-state index contributed by atoms with van der Waals surface area (Å²) in [6.45, 7) is 0.333. The van der Waals surface area contributed by atoms with Gasteiger partial charge >= 0.3 is 0 Å². The first-order valence-corrected chi connectivity index (χ1v) is 8.30. The minimum absolute atomic E-state index is 0.156. The van der Waals surface area contributed by atoms with Crippen LogP contribution >= 0.6 is 23.2 Å². The summed E-state index contributed by atoms with van der Waals surface area (Å²) in [7, 11) is 0. The van der Waals surface area contributed by atoms with E-state index in [1.165, 1.54) is 15.5 Å². The molecule has 8 nitrogen and oxygen atoms in total. The van der Waals surface area contributed by atoms with E-state index in [1.807, 2.05) is 0 Å². The van der Waals surface area contributed by atoms with Crippen LogP contribution in [-0.2, 0) is 6.54 Å². The Bertz CT molecular complexity index is 1050. The number of rotatable bonds is 4. The van der Waals surface area contributed by atoms with Gasteiger partial charge in [-0.25, -0.2) is 19.2 Å². The molecule has 0 saturated heterocycles. The second kappa shape index (κ2) is 6.74. The summed E-state index contributed by atoms with van der Waals surface area (Å²) in [4.78, 5) is 20.5. The molecule has 0 aliphatic heterocycles. The van der Waals surface area contributed by atoms with Gasteiger partial charge in [0.25, 0.3) is 5.91 Å². The zero-order valence-corrected chi connectivity index (χ0v) is 14.7. The van der Waals surface area contributed by atoms with Crippen LogP contribution in [0.4, 0.5) is 5.95 Å². The van der Waals surface area contributed by atoms with Crippen molar-refractivity contribution in [1.82, 2.24) is 29.4 Å². The number of hydrogen-bond donors (Lipinski definition) is 1. The number of amides is 1. The number of halogens is 2. The molecule has 0 aliphatic carbocycles. The fourth-order valence-electron chi connectivity index (χ4n) is 2.38. The Morgan fingerprint density at radius 2 is 1.92 bits per heavy atom. The Labute approximate surface area is 157 Å². The molecule has 0 radical (unpaired) electrons. The Hall–Kier alpha value is -2.97. The number of nitrogens with zero attached hydrogens (tertiary/aromatic N) is 6. The van der Waals surface area contributed by atoms with E-state index >= 15 is 0 Å². The number of aromatic nitrogens is 6. The van der Waals surface area contributed by atoms with Gasteiger partial charge in [-0.15, -0.1) is 5.10 Å². The Balaban J connectivity index is 1.50. The lowest BCUT2D eigenvalue weighted by atomic mass is 10.2. The van der Waals surface area contributed by atoms with Crippen molar-refractivity contribution in [3.63, 3.8) is 0 Å². The third-order valence-electron chi connectivity index (χ3n) is 3.61. The maximum absolute atomic E-state index is 12.3. The third kappa shape index (κ3) is 3.24. The van der Waals surface area contributed by atoms with Gasteiger partial charge in [0.15, 0.2) is 11.3 Å². The quantitative estimate of drug-likeness (QED) is 0.581. The van der Waals surface area contributed by atoms with Crippen molar-refractivity contribution in [2.45, 2.75) is 6.54 Å². The summed E-state index contributed by atoms with van der Waals surface area (Å²) in [6, 6.07) is 8.57. The zero-order valence-electron chi connectivity index (χ0n) is 13.2. The van der Waals surface area contributed by atoms with E-state index in [9.17, 15) is 4.79 Å². The van der Waals surface area contributed by atoms with Crippen molar-refractivity contribution in [3.05, 3.63) is 70.4 Å². The first-order valence-electron chi connectivity index (χ1n) is 7.54. The Morgan fingerprint density at radius 1 is 1.12 bits per heavy atom. The van der Waals surface area contributed by atoms with Gasteiger partial charge in [-0.05, 0) is 18.2 Å². The number of benzene rings is 1. The molecule has 130 valence electrons. The smallest absolute Gasteiger partial charge is 0.278 e. The standard InChI is InChI=1S/C16H11Cl2N7O/c17-11-3-1-4-12(18)10(11)8-24-9-20-16(23-24)21-15(26)13-7-14-19-5-2-6-25(14)22-13/h1-7,9H,8H2,(H,21,23,26). The number of nitrogens with one attached hydrogen (secondary N) is 1. The van der Waals surface area contributed by atoms with Crippen molar-refractivity contribution in [2.75, 3.05) is 5.32 Å². The fraction of sp³-hybridized carbons (Fsp3) is 0.0625. The topological polar surface area (TPSA) is 90.0 Å². The van der Waals surface area contributed by atoms with Gasteiger partial charge in [-0.1, -0.05) is 29.3 Å². The highest BCUT2D eigenvalue weighted by molar-refractivity contribution is 6.35. The highest BCUT2D eigenvalue weighted by atomic mass is 35.5. The van der Waals surface area contributed by atoms with E-state index in [-0.39, 0.29) is 11.6 Å². The van der Waals surface area contributed by atoms with Crippen molar-refractivity contribution in [2.24, 2.45) is 0 Å². The molecule has 0 spiro atoms. The van der Waals surface area contributed by atoms with Gasteiger partial charge in [0, 0.05) is 34.1 Å². The Kier molecular flexibility index (Phi) is 4.27. The lowest BCUT2D eigenvalue weighted by Gasteiger charge is -2.06. The van der Waals surface area contributed by atoms with Crippen LogP contribution in [0, 0.1) is 0 Å². The summed E-state index contributed by atoms with van der Waals surface area (Å²) < 4.78 is 3.05. The molecule has 10 heteroatoms. The molecule has 0 unspecified atom stereocenters. The molecule has 1 aromatic carbocycles. The van der Waals surface area contributed by atoms with Gasteiger partial charge in [-0.3, -0.25) is 10.1 Å². The molecule has 0 fully saturated rings. The first-order chi connectivity index (χ1) is 12.6. The van der Waals surface area contributed by atoms with E-state index < -0.39 is 5.91 Å². The number of hydrogen-bond acceptors (Lipinski definition) is 5. The summed E-state index contributed by atoms with van der Waals surface area (Å²) in [5.74, 6) is -0.271. The molecule has 1 amide bonds. The molecule has 4 aromatic rings. The number of carbonyl (C=O) groups is 1. The van der Waals surface area contributed by atoms with Crippen LogP contribution in [0.25, 0.3) is 5.65 Å². The highest BCUT2D eigenvalue weighted by Crippen LogP contribution is 2.24. The van der Waals surface area contributed by atoms with Gasteiger partial charge < -0.3 is 0 Å². The van der Waals surface area contributed by atoms with Crippen LogP contribution in [0.2, 0.25) is 10.0 Å². The number of fused-ring (bicyclic) bond motifs is 1. The normalized spacial score (nSPS) is 11.0. The molecule has 26 heavy (non-hydrogen) atoms. The molecular weight excluding hydrogens is 377 g/mol. The van der Waals surface area contributed by atoms with E-state index in [0.717, 1.165) is 5.56 Å². The maximum Gasteiger partial charge on any atom is 0.278 e. The highest BCUT2D eigenvalue weighted by Gasteiger charge is 2.14. The van der Waals surface area contributed by atoms with Gasteiger partial charge in [0.1, 0.15) is 6.33 Å². The second-order valence-electron chi connectivity index (χ2n) is 5.37. The van der Waals surface area contributed by atoms with Crippen LogP contribution in [0.3, 0.4) is 0 Å². The molecule has 4 rings (SSSR count). The molecule has 3 heterocycles. The molecule has 0 saturated carbocycles. The van der Waals surface area contributed by atoms with Crippen molar-refractivity contribution in [3.8, 4) is 0 Å². The Morgan fingerprint density at radius 3 is 2.69 bits per heavy atom. The predicted octanol–water partition coefficient (Wildman–Crippen LogP) is 2.93. The number of anilines is 1. The van der Waals surface area contributed by atoms with Crippen molar-refractivity contribution < 1.29 is 4.79 Å². The molecule has 1 N–H and O–H groups in total. The van der Waals surface area contributed by atoms with Crippen molar-refractivity contribution in [1.29, 1.82) is 0 Å². The van der Waals surface area contributed by atoms with Gasteiger partial charge in [0.05, 0.1) is 6.54 Å². The van der Waals surface area contributed by atoms with Crippen LogP contribution in [0.5, 0.6) is 0 Å². The largest absolute Gasteiger partial charge is 0.288 e. The lowest BCUT2D eigenvalue weighted by molar-refractivity contribution is 0.102. The predicted molar refractivity (Wildman–Crippen MR) is 96.5 cm³/mol. The van der Waals surface area contributed by atoms with E-state index in [1.54, 1.807) is 42.7 Å². The van der Waals surface area contributed by atoms with E-state index in [0.29, 0.717) is 22.2 Å². The second-order valence-corrected chi connectivity index (χ2v) is 6.19. The number of carbonyl (C=O) groups excluding carboxylic acids is 1. The fourth-order valence-corrected chi connectivity index (χ4v) is 2.90. The summed E-state index contributed by atoms with van der Waals surface area (Å²) >= 11 is 12.3. The van der Waals surface area contributed by atoms with Crippen LogP contribution in [-0.4, -0.2) is 35.3 Å². The van der Waals surface area contributed by atoms with E-state index in [2.05, 4.69) is 25.5 Å². The minimum atomic E-state index is -0.427. The van der Waals surface area contributed by atoms with Crippen LogP contribution in [0.1, 0.15) is 16.1 Å².